The summed E-state index contributed by atoms with van der Waals surface area (Å²) in [5.41, 5.74) is 0.199. The van der Waals surface area contributed by atoms with Crippen molar-refractivity contribution in [2.24, 2.45) is 0 Å². The van der Waals surface area contributed by atoms with Crippen LogP contribution in [0.5, 0.6) is 5.75 Å². The van der Waals surface area contributed by atoms with Gasteiger partial charge in [-0.2, -0.15) is 5.10 Å². The van der Waals surface area contributed by atoms with E-state index in [1.807, 2.05) is 0 Å². The fourth-order valence-electron chi connectivity index (χ4n) is 3.69. The van der Waals surface area contributed by atoms with Crippen LogP contribution in [-0.2, 0) is 29.0 Å². The second kappa shape index (κ2) is 7.69. The van der Waals surface area contributed by atoms with Gasteiger partial charge in [0.15, 0.2) is 11.4 Å². The summed E-state index contributed by atoms with van der Waals surface area (Å²) in [6, 6.07) is 3.97. The zero-order valence-corrected chi connectivity index (χ0v) is 17.4. The Bertz CT molecular complexity index is 1300. The number of benzene rings is 1. The summed E-state index contributed by atoms with van der Waals surface area (Å²) < 4.78 is 20.8. The van der Waals surface area contributed by atoms with Gasteiger partial charge in [-0.25, -0.2) is 9.07 Å². The minimum absolute atomic E-state index is 0.0312. The zero-order valence-electron chi connectivity index (χ0n) is 16.7. The second-order valence-electron chi connectivity index (χ2n) is 7.21. The Balaban J connectivity index is 1.96. The smallest absolute Gasteiger partial charge is 0.311 e. The van der Waals surface area contributed by atoms with Gasteiger partial charge in [0, 0.05) is 20.1 Å². The van der Waals surface area contributed by atoms with E-state index in [9.17, 15) is 23.9 Å². The third-order valence-electron chi connectivity index (χ3n) is 5.26. The number of methoxy groups -OCH3 is 1. The lowest BCUT2D eigenvalue weighted by Crippen LogP contribution is -2.37. The fraction of sp³-hybridized carbons (Fsp3) is 0.300. The normalized spacial score (nSPS) is 13.5. The van der Waals surface area contributed by atoms with Gasteiger partial charge in [-0.05, 0) is 17.7 Å². The molecular weight excluding hydrogens is 431 g/mol. The number of carbonyl (C=O) groups is 2. The second-order valence-corrected chi connectivity index (χ2v) is 7.62. The highest BCUT2D eigenvalue weighted by Gasteiger charge is 2.33. The maximum absolute atomic E-state index is 13.5. The molecule has 1 aliphatic heterocycles. The highest BCUT2D eigenvalue weighted by molar-refractivity contribution is 6.30. The van der Waals surface area contributed by atoms with E-state index in [4.69, 9.17) is 16.3 Å². The Morgan fingerprint density at radius 3 is 2.74 bits per heavy atom. The number of nitrogens with zero attached hydrogens (tertiary/aromatic N) is 4. The van der Waals surface area contributed by atoms with E-state index >= 15 is 0 Å². The van der Waals surface area contributed by atoms with Gasteiger partial charge in [0.2, 0.25) is 0 Å². The van der Waals surface area contributed by atoms with Crippen LogP contribution in [-0.4, -0.2) is 56.9 Å². The van der Waals surface area contributed by atoms with Crippen molar-refractivity contribution in [2.45, 2.75) is 19.5 Å². The third kappa shape index (κ3) is 3.42. The Morgan fingerprint density at radius 2 is 2.06 bits per heavy atom. The summed E-state index contributed by atoms with van der Waals surface area (Å²) in [5.74, 6) is -2.11. The molecule has 1 aromatic carbocycles. The number of esters is 1. The molecule has 1 aliphatic rings. The van der Waals surface area contributed by atoms with Crippen molar-refractivity contribution < 1.29 is 23.8 Å². The van der Waals surface area contributed by atoms with Crippen molar-refractivity contribution in [1.82, 2.24) is 19.2 Å². The van der Waals surface area contributed by atoms with Crippen LogP contribution >= 0.6 is 11.6 Å². The highest BCUT2D eigenvalue weighted by Crippen LogP contribution is 2.34. The molecule has 162 valence electrons. The average Bonchev–Trinajstić information content (AvgIpc) is 3.04. The lowest BCUT2D eigenvalue weighted by Gasteiger charge is -2.25. The Hall–Kier alpha value is -3.40. The van der Waals surface area contributed by atoms with Gasteiger partial charge >= 0.3 is 5.97 Å². The van der Waals surface area contributed by atoms with Gasteiger partial charge in [0.05, 0.1) is 36.3 Å². The van der Waals surface area contributed by atoms with E-state index in [1.54, 1.807) is 7.05 Å². The van der Waals surface area contributed by atoms with E-state index in [0.717, 1.165) is 4.68 Å². The molecule has 0 radical (unpaired) electrons. The molecule has 0 saturated carbocycles. The number of hydrogen-bond acceptors (Lipinski definition) is 6. The third-order valence-corrected chi connectivity index (χ3v) is 5.55. The van der Waals surface area contributed by atoms with Crippen molar-refractivity contribution >= 4 is 34.4 Å². The molecule has 0 bridgehead atoms. The summed E-state index contributed by atoms with van der Waals surface area (Å²) in [4.78, 5) is 39.3. The molecule has 0 atom stereocenters. The predicted octanol–water partition coefficient (Wildman–Crippen LogP) is 1.55. The number of carbonyl (C=O) groups excluding carboxylic acids is 2. The lowest BCUT2D eigenvalue weighted by molar-refractivity contribution is -0.139. The monoisotopic (exact) mass is 448 g/mol. The molecule has 1 N–H and O–H groups in total. The van der Waals surface area contributed by atoms with Crippen LogP contribution in [0.1, 0.15) is 21.7 Å². The minimum Gasteiger partial charge on any atom is -0.505 e. The van der Waals surface area contributed by atoms with E-state index < -0.39 is 29.0 Å². The number of hydrogen-bond donors (Lipinski definition) is 1. The van der Waals surface area contributed by atoms with Crippen molar-refractivity contribution in [1.29, 1.82) is 0 Å². The number of aromatic hydroxyl groups is 1. The first kappa shape index (κ1) is 20.9. The van der Waals surface area contributed by atoms with Crippen LogP contribution in [0.3, 0.4) is 0 Å². The van der Waals surface area contributed by atoms with E-state index in [0.29, 0.717) is 18.7 Å². The predicted molar refractivity (Wildman–Crippen MR) is 109 cm³/mol. The van der Waals surface area contributed by atoms with Gasteiger partial charge < -0.3 is 19.3 Å². The largest absolute Gasteiger partial charge is 0.505 e. The molecule has 2 aromatic heterocycles. The van der Waals surface area contributed by atoms with Crippen LogP contribution in [0.25, 0.3) is 10.9 Å². The molecule has 11 heteroatoms. The van der Waals surface area contributed by atoms with Crippen molar-refractivity contribution in [2.75, 3.05) is 20.7 Å². The fourth-order valence-corrected chi connectivity index (χ4v) is 3.90. The SMILES string of the molecule is COC(=O)Cc1nn(Cc2ccc(F)c(Cl)c2)c(=O)c2c(O)c3n(c12)CCN(C)C3=O. The Kier molecular flexibility index (Phi) is 5.18. The molecule has 0 aliphatic carbocycles. The quantitative estimate of drug-likeness (QED) is 0.607. The highest BCUT2D eigenvalue weighted by atomic mass is 35.5. The Morgan fingerprint density at radius 1 is 1.32 bits per heavy atom. The van der Waals surface area contributed by atoms with Gasteiger partial charge in [0.25, 0.3) is 11.5 Å². The van der Waals surface area contributed by atoms with Crippen LogP contribution in [0.4, 0.5) is 4.39 Å². The van der Waals surface area contributed by atoms with Gasteiger partial charge in [0.1, 0.15) is 11.2 Å². The van der Waals surface area contributed by atoms with Crippen LogP contribution in [0.15, 0.2) is 23.0 Å². The maximum atomic E-state index is 13.5. The first-order valence-corrected chi connectivity index (χ1v) is 9.72. The van der Waals surface area contributed by atoms with E-state index in [1.165, 1.54) is 34.8 Å². The average molecular weight is 449 g/mol. The number of likely N-dealkylation sites (N-methyl/N-ethyl adjacent to an activating group) is 1. The molecule has 0 fully saturated rings. The number of ether oxygens (including phenoxy) is 1. The summed E-state index contributed by atoms with van der Waals surface area (Å²) in [6.45, 7) is 0.599. The molecule has 1 amide bonds. The number of fused-ring (bicyclic) bond motifs is 3. The molecule has 31 heavy (non-hydrogen) atoms. The summed E-state index contributed by atoms with van der Waals surface area (Å²) in [5, 5.41) is 14.9. The zero-order chi connectivity index (χ0) is 22.4. The van der Waals surface area contributed by atoms with Gasteiger partial charge in [-0.15, -0.1) is 0 Å². The molecule has 0 unspecified atom stereocenters. The van der Waals surface area contributed by atoms with E-state index in [-0.39, 0.29) is 40.3 Å². The minimum atomic E-state index is -0.654. The molecule has 0 saturated heterocycles. The summed E-state index contributed by atoms with van der Waals surface area (Å²) in [7, 11) is 2.81. The molecule has 0 spiro atoms. The first-order valence-electron chi connectivity index (χ1n) is 9.34. The first-order chi connectivity index (χ1) is 14.7. The molecule has 3 aromatic rings. The lowest BCUT2D eigenvalue weighted by atomic mass is 10.2. The van der Waals surface area contributed by atoms with Crippen molar-refractivity contribution in [3.8, 4) is 5.75 Å². The number of amides is 1. The Labute approximate surface area is 180 Å². The summed E-state index contributed by atoms with van der Waals surface area (Å²) >= 11 is 5.83. The maximum Gasteiger partial charge on any atom is 0.311 e. The van der Waals surface area contributed by atoms with Crippen molar-refractivity contribution in [3.05, 3.63) is 56.3 Å². The van der Waals surface area contributed by atoms with Gasteiger partial charge in [-0.3, -0.25) is 14.4 Å². The van der Waals surface area contributed by atoms with E-state index in [2.05, 4.69) is 5.10 Å². The number of aromatic nitrogens is 3. The van der Waals surface area contributed by atoms with Gasteiger partial charge in [-0.1, -0.05) is 17.7 Å². The topological polar surface area (TPSA) is 107 Å². The molecular formula is C20H18ClFN4O5. The summed E-state index contributed by atoms with van der Waals surface area (Å²) in [6.07, 6.45) is -0.273. The van der Waals surface area contributed by atoms with Crippen molar-refractivity contribution in [3.63, 3.8) is 0 Å². The van der Waals surface area contributed by atoms with Crippen LogP contribution < -0.4 is 5.56 Å². The van der Waals surface area contributed by atoms with Crippen LogP contribution in [0, 0.1) is 5.82 Å². The number of halogens is 2. The number of rotatable bonds is 4. The molecule has 4 rings (SSSR count). The molecule has 3 heterocycles. The standard InChI is InChI=1S/C20H18ClFN4O5/c1-24-5-6-25-16-13(8-14(27)31-2)23-26(9-10-3-4-12(22)11(21)7-10)19(29)15(16)18(28)17(25)20(24)30/h3-4,7,28H,5-6,8-9H2,1-2H3. The molecule has 9 nitrogen and oxygen atoms in total. The van der Waals surface area contributed by atoms with Crippen LogP contribution in [0.2, 0.25) is 5.02 Å².